The molecule has 4 heteroatoms. The Morgan fingerprint density at radius 2 is 2.17 bits per heavy atom. The Labute approximate surface area is 92.9 Å². The fourth-order valence-electron chi connectivity index (χ4n) is 1.12. The van der Waals surface area contributed by atoms with Crippen LogP contribution in [0.3, 0.4) is 0 Å². The van der Waals surface area contributed by atoms with E-state index in [4.69, 9.17) is 9.47 Å². The van der Waals surface area contributed by atoms with Gasteiger partial charge < -0.3 is 9.47 Å². The summed E-state index contributed by atoms with van der Waals surface area (Å²) < 4.78 is 10.6. The lowest BCUT2D eigenvalue weighted by molar-refractivity contribution is -0.148. The highest BCUT2D eigenvalue weighted by molar-refractivity contribution is 9.09. The van der Waals surface area contributed by atoms with Crippen LogP contribution in [0, 0.1) is 5.41 Å². The molecule has 1 fully saturated rings. The molecule has 0 aromatic rings. The van der Waals surface area contributed by atoms with E-state index in [1.54, 1.807) is 0 Å². The normalized spacial score (nSPS) is 19.5. The van der Waals surface area contributed by atoms with Crippen molar-refractivity contribution in [2.75, 3.05) is 31.8 Å². The van der Waals surface area contributed by atoms with Gasteiger partial charge in [0.05, 0.1) is 26.4 Å². The summed E-state index contributed by atoms with van der Waals surface area (Å²) in [5.41, 5.74) is 0.349. The molecule has 0 bridgehead atoms. The molecule has 0 aromatic carbocycles. The van der Waals surface area contributed by atoms with Gasteiger partial charge in [0.2, 0.25) is 0 Å². The van der Waals surface area contributed by atoms with E-state index < -0.39 is 0 Å². The van der Waals surface area contributed by atoms with Crippen LogP contribution in [0.2, 0.25) is 0 Å². The van der Waals surface area contributed by atoms with E-state index in [9.17, 15) is 0 Å². The van der Waals surface area contributed by atoms with Gasteiger partial charge in [-0.3, -0.25) is 0 Å². The second-order valence-corrected chi connectivity index (χ2v) is 3.88. The number of halogens is 2. The first kappa shape index (κ1) is 12.9. The molecule has 0 atom stereocenters. The fourth-order valence-corrected chi connectivity index (χ4v) is 1.35. The van der Waals surface area contributed by atoms with Crippen LogP contribution in [-0.2, 0) is 9.47 Å². The Balaban J connectivity index is 0.00000121. The largest absolute Gasteiger partial charge is 0.380 e. The number of alkyl halides is 1. The first-order chi connectivity index (χ1) is 5.33. The molecule has 0 N–H and O–H groups in total. The third kappa shape index (κ3) is 3.32. The van der Waals surface area contributed by atoms with Crippen LogP contribution in [0.15, 0.2) is 0 Å². The Hall–Kier alpha value is 0.880. The van der Waals surface area contributed by atoms with E-state index in [0.717, 1.165) is 38.2 Å². The summed E-state index contributed by atoms with van der Waals surface area (Å²) in [5.74, 6) is 0. The summed E-state index contributed by atoms with van der Waals surface area (Å²) in [4.78, 5) is 0. The second kappa shape index (κ2) is 6.35. The first-order valence-corrected chi connectivity index (χ1v) is 5.16. The average molecular weight is 304 g/mol. The molecule has 1 aliphatic heterocycles. The Kier molecular flexibility index (Phi) is 6.82. The number of ether oxygens (including phenoxy) is 2. The molecule has 0 radical (unpaired) electrons. The van der Waals surface area contributed by atoms with Crippen LogP contribution in [0.25, 0.3) is 0 Å². The molecular formula is C8H16Br2O2. The summed E-state index contributed by atoms with van der Waals surface area (Å²) in [6, 6.07) is 0. The average Bonchev–Trinajstić information content (AvgIpc) is 1.95. The molecule has 0 aliphatic carbocycles. The predicted octanol–water partition coefficient (Wildman–Crippen LogP) is 2.40. The SMILES string of the molecule is Br.CCC1(COCCBr)COC1. The molecule has 1 rings (SSSR count). The lowest BCUT2D eigenvalue weighted by Gasteiger charge is -2.40. The van der Waals surface area contributed by atoms with Crippen LogP contribution in [0.5, 0.6) is 0 Å². The maximum Gasteiger partial charge on any atom is 0.0567 e. The molecule has 12 heavy (non-hydrogen) atoms. The zero-order chi connectivity index (χ0) is 8.16. The minimum Gasteiger partial charge on any atom is -0.380 e. The predicted molar refractivity (Wildman–Crippen MR) is 58.5 cm³/mol. The second-order valence-electron chi connectivity index (χ2n) is 3.09. The molecule has 0 spiro atoms. The zero-order valence-corrected chi connectivity index (χ0v) is 10.6. The van der Waals surface area contributed by atoms with Crippen molar-refractivity contribution in [1.82, 2.24) is 0 Å². The van der Waals surface area contributed by atoms with Gasteiger partial charge in [0.25, 0.3) is 0 Å². The lowest BCUT2D eigenvalue weighted by atomic mass is 9.84. The molecule has 0 unspecified atom stereocenters. The summed E-state index contributed by atoms with van der Waals surface area (Å²) in [6.45, 7) is 5.62. The van der Waals surface area contributed by atoms with Gasteiger partial charge in [-0.1, -0.05) is 22.9 Å². The third-order valence-corrected chi connectivity index (χ3v) is 2.52. The van der Waals surface area contributed by atoms with Crippen LogP contribution < -0.4 is 0 Å². The Morgan fingerprint density at radius 1 is 1.50 bits per heavy atom. The van der Waals surface area contributed by atoms with Gasteiger partial charge in [-0.05, 0) is 6.42 Å². The summed E-state index contributed by atoms with van der Waals surface area (Å²) in [6.07, 6.45) is 1.16. The van der Waals surface area contributed by atoms with Gasteiger partial charge in [0.15, 0.2) is 0 Å². The first-order valence-electron chi connectivity index (χ1n) is 4.04. The molecule has 0 amide bonds. The van der Waals surface area contributed by atoms with E-state index in [1.807, 2.05) is 0 Å². The zero-order valence-electron chi connectivity index (χ0n) is 7.35. The molecule has 2 nitrogen and oxygen atoms in total. The van der Waals surface area contributed by atoms with Crippen molar-refractivity contribution in [2.45, 2.75) is 13.3 Å². The van der Waals surface area contributed by atoms with E-state index in [0.29, 0.717) is 5.41 Å². The molecule has 74 valence electrons. The summed E-state index contributed by atoms with van der Waals surface area (Å²) >= 11 is 3.32. The van der Waals surface area contributed by atoms with E-state index in [1.165, 1.54) is 0 Å². The standard InChI is InChI=1S/C8H15BrO2.BrH/c1-2-8(6-11-7-8)5-10-4-3-9;/h2-7H2,1H3;1H. The smallest absolute Gasteiger partial charge is 0.0567 e. The Bertz CT molecular complexity index is 110. The monoisotopic (exact) mass is 302 g/mol. The fraction of sp³-hybridized carbons (Fsp3) is 1.00. The maximum atomic E-state index is 5.45. The minimum absolute atomic E-state index is 0. The number of hydrogen-bond donors (Lipinski definition) is 0. The van der Waals surface area contributed by atoms with Gasteiger partial charge in [-0.2, -0.15) is 0 Å². The van der Waals surface area contributed by atoms with Gasteiger partial charge in [0.1, 0.15) is 0 Å². The number of hydrogen-bond acceptors (Lipinski definition) is 2. The third-order valence-electron chi connectivity index (χ3n) is 2.20. The lowest BCUT2D eigenvalue weighted by Crippen LogP contribution is -2.45. The highest BCUT2D eigenvalue weighted by Crippen LogP contribution is 2.31. The van der Waals surface area contributed by atoms with Crippen LogP contribution in [-0.4, -0.2) is 31.8 Å². The van der Waals surface area contributed by atoms with Crippen molar-refractivity contribution in [3.63, 3.8) is 0 Å². The van der Waals surface area contributed by atoms with E-state index >= 15 is 0 Å². The van der Waals surface area contributed by atoms with E-state index in [2.05, 4.69) is 22.9 Å². The van der Waals surface area contributed by atoms with Crippen molar-refractivity contribution in [3.05, 3.63) is 0 Å². The van der Waals surface area contributed by atoms with E-state index in [-0.39, 0.29) is 17.0 Å². The van der Waals surface area contributed by atoms with Gasteiger partial charge in [-0.15, -0.1) is 17.0 Å². The summed E-state index contributed by atoms with van der Waals surface area (Å²) in [5, 5.41) is 0.924. The van der Waals surface area contributed by atoms with Crippen molar-refractivity contribution < 1.29 is 9.47 Å². The van der Waals surface area contributed by atoms with Gasteiger partial charge in [-0.25, -0.2) is 0 Å². The summed E-state index contributed by atoms with van der Waals surface area (Å²) in [7, 11) is 0. The molecule has 1 aliphatic rings. The molecule has 0 saturated carbocycles. The minimum atomic E-state index is 0. The van der Waals surface area contributed by atoms with Crippen molar-refractivity contribution in [3.8, 4) is 0 Å². The van der Waals surface area contributed by atoms with Gasteiger partial charge in [0, 0.05) is 10.7 Å². The highest BCUT2D eigenvalue weighted by Gasteiger charge is 2.36. The molecule has 1 saturated heterocycles. The highest BCUT2D eigenvalue weighted by atomic mass is 79.9. The van der Waals surface area contributed by atoms with Crippen LogP contribution in [0.4, 0.5) is 0 Å². The number of rotatable bonds is 5. The molecule has 0 aromatic heterocycles. The van der Waals surface area contributed by atoms with Crippen molar-refractivity contribution >= 4 is 32.9 Å². The molecular weight excluding hydrogens is 288 g/mol. The molecule has 1 heterocycles. The van der Waals surface area contributed by atoms with Crippen LogP contribution >= 0.6 is 32.9 Å². The van der Waals surface area contributed by atoms with Crippen molar-refractivity contribution in [1.29, 1.82) is 0 Å². The van der Waals surface area contributed by atoms with Crippen LogP contribution in [0.1, 0.15) is 13.3 Å². The Morgan fingerprint density at radius 3 is 2.50 bits per heavy atom. The topological polar surface area (TPSA) is 18.5 Å². The maximum absolute atomic E-state index is 5.45. The van der Waals surface area contributed by atoms with Gasteiger partial charge >= 0.3 is 0 Å². The quantitative estimate of drug-likeness (QED) is 0.573. The van der Waals surface area contributed by atoms with Crippen molar-refractivity contribution in [2.24, 2.45) is 5.41 Å².